The van der Waals surface area contributed by atoms with Gasteiger partial charge in [0.2, 0.25) is 15.9 Å². The van der Waals surface area contributed by atoms with Gasteiger partial charge in [-0.05, 0) is 56.0 Å². The summed E-state index contributed by atoms with van der Waals surface area (Å²) < 4.78 is 31.5. The van der Waals surface area contributed by atoms with Crippen molar-refractivity contribution in [2.75, 3.05) is 17.1 Å². The topological polar surface area (TPSA) is 75.7 Å². The Bertz CT molecular complexity index is 910. The number of rotatable bonds is 10. The second kappa shape index (κ2) is 10.5. The Labute approximate surface area is 180 Å². The summed E-state index contributed by atoms with van der Waals surface area (Å²) in [5.74, 6) is 0.667. The van der Waals surface area contributed by atoms with Gasteiger partial charge >= 0.3 is 0 Å². The fourth-order valence-corrected chi connectivity index (χ4v) is 4.03. The fourth-order valence-electron chi connectivity index (χ4n) is 3.17. The summed E-state index contributed by atoms with van der Waals surface area (Å²) in [5.41, 5.74) is 1.42. The van der Waals surface area contributed by atoms with Gasteiger partial charge in [0, 0.05) is 0 Å². The third-order valence-electron chi connectivity index (χ3n) is 4.43. The van der Waals surface area contributed by atoms with Gasteiger partial charge in [0.05, 0.1) is 24.1 Å². The molecule has 0 aromatic heterocycles. The summed E-state index contributed by atoms with van der Waals surface area (Å²) in [4.78, 5) is 12.8. The number of nitrogens with one attached hydrogen (secondary N) is 1. The zero-order chi connectivity index (χ0) is 22.3. The first-order valence-corrected chi connectivity index (χ1v) is 12.0. The van der Waals surface area contributed by atoms with Crippen LogP contribution in [0.5, 0.6) is 5.75 Å². The molecule has 0 fully saturated rings. The van der Waals surface area contributed by atoms with Crippen molar-refractivity contribution in [2.24, 2.45) is 5.92 Å². The van der Waals surface area contributed by atoms with Gasteiger partial charge in [0.1, 0.15) is 12.3 Å². The first kappa shape index (κ1) is 23.7. The number of hydrogen-bond acceptors (Lipinski definition) is 4. The zero-order valence-electron chi connectivity index (χ0n) is 18.3. The van der Waals surface area contributed by atoms with Gasteiger partial charge < -0.3 is 10.1 Å². The van der Waals surface area contributed by atoms with E-state index in [0.717, 1.165) is 22.5 Å². The average molecular weight is 433 g/mol. The molecule has 6 nitrogen and oxygen atoms in total. The molecule has 1 amide bonds. The number of carbonyl (C=O) groups is 1. The minimum Gasteiger partial charge on any atom is -0.491 e. The van der Waals surface area contributed by atoms with E-state index < -0.39 is 10.0 Å². The van der Waals surface area contributed by atoms with Gasteiger partial charge in [0.15, 0.2) is 0 Å². The van der Waals surface area contributed by atoms with Gasteiger partial charge in [-0.1, -0.05) is 44.2 Å². The van der Waals surface area contributed by atoms with E-state index in [-0.39, 0.29) is 24.6 Å². The molecule has 1 atom stereocenters. The number of anilines is 1. The summed E-state index contributed by atoms with van der Waals surface area (Å²) in [6.07, 6.45) is 1.88. The van der Waals surface area contributed by atoms with Gasteiger partial charge in [-0.15, -0.1) is 0 Å². The minimum atomic E-state index is -3.64. The van der Waals surface area contributed by atoms with Crippen molar-refractivity contribution in [3.05, 3.63) is 60.2 Å². The number of benzene rings is 2. The van der Waals surface area contributed by atoms with E-state index in [1.54, 1.807) is 24.3 Å². The molecule has 0 aliphatic heterocycles. The van der Waals surface area contributed by atoms with Crippen molar-refractivity contribution in [1.82, 2.24) is 5.32 Å². The number of carbonyl (C=O) groups excluding carboxylic acids is 1. The third kappa shape index (κ3) is 7.37. The van der Waals surface area contributed by atoms with Crippen molar-refractivity contribution in [1.29, 1.82) is 0 Å². The molecule has 1 N–H and O–H groups in total. The van der Waals surface area contributed by atoms with Gasteiger partial charge in [-0.3, -0.25) is 9.10 Å². The summed E-state index contributed by atoms with van der Waals surface area (Å²) in [7, 11) is -3.64. The highest BCUT2D eigenvalue weighted by molar-refractivity contribution is 7.92. The first-order chi connectivity index (χ1) is 14.1. The van der Waals surface area contributed by atoms with Crippen molar-refractivity contribution < 1.29 is 17.9 Å². The standard InChI is InChI=1S/C23H32N2O4S/c1-17(2)15-22(19-9-7-6-8-10-19)24-23(26)16-25(30(5,27)28)20-11-13-21(14-12-20)29-18(3)4/h6-14,17-18,22H,15-16H2,1-5H3,(H,24,26)/t22-/m1/s1. The van der Waals surface area contributed by atoms with Crippen LogP contribution >= 0.6 is 0 Å². The molecule has 0 saturated carbocycles. The molecule has 0 aliphatic carbocycles. The van der Waals surface area contributed by atoms with Crippen LogP contribution in [0, 0.1) is 5.92 Å². The molecule has 0 heterocycles. The summed E-state index contributed by atoms with van der Waals surface area (Å²) >= 11 is 0. The molecular formula is C23H32N2O4S. The van der Waals surface area contributed by atoms with Crippen molar-refractivity contribution in [3.63, 3.8) is 0 Å². The van der Waals surface area contributed by atoms with E-state index in [1.165, 1.54) is 0 Å². The van der Waals surface area contributed by atoms with Crippen LogP contribution in [0.2, 0.25) is 0 Å². The van der Waals surface area contributed by atoms with Crippen LogP contribution in [0.3, 0.4) is 0 Å². The predicted molar refractivity (Wildman–Crippen MR) is 121 cm³/mol. The number of hydrogen-bond donors (Lipinski definition) is 1. The Hall–Kier alpha value is -2.54. The lowest BCUT2D eigenvalue weighted by Gasteiger charge is -2.25. The molecule has 7 heteroatoms. The van der Waals surface area contributed by atoms with Gasteiger partial charge in [0.25, 0.3) is 0 Å². The minimum absolute atomic E-state index is 0.0171. The lowest BCUT2D eigenvalue weighted by atomic mass is 9.97. The molecule has 0 radical (unpaired) electrons. The maximum atomic E-state index is 12.8. The Morgan fingerprint density at radius 3 is 2.10 bits per heavy atom. The van der Waals surface area contributed by atoms with Crippen LogP contribution in [0.4, 0.5) is 5.69 Å². The Morgan fingerprint density at radius 1 is 1.00 bits per heavy atom. The lowest BCUT2D eigenvalue weighted by molar-refractivity contribution is -0.120. The van der Waals surface area contributed by atoms with Gasteiger partial charge in [-0.25, -0.2) is 8.42 Å². The Balaban J connectivity index is 2.18. The van der Waals surface area contributed by atoms with E-state index in [0.29, 0.717) is 17.4 Å². The van der Waals surface area contributed by atoms with E-state index in [9.17, 15) is 13.2 Å². The van der Waals surface area contributed by atoms with Crippen LogP contribution < -0.4 is 14.4 Å². The smallest absolute Gasteiger partial charge is 0.241 e. The van der Waals surface area contributed by atoms with Crippen molar-refractivity contribution >= 4 is 21.6 Å². The second-order valence-corrected chi connectivity index (χ2v) is 10.00. The summed E-state index contributed by atoms with van der Waals surface area (Å²) in [6, 6.07) is 16.2. The number of sulfonamides is 1. The largest absolute Gasteiger partial charge is 0.491 e. The molecule has 2 aromatic rings. The SMILES string of the molecule is CC(C)C[C@@H](NC(=O)CN(c1ccc(OC(C)C)cc1)S(C)(=O)=O)c1ccccc1. The average Bonchev–Trinajstić information content (AvgIpc) is 2.65. The first-order valence-electron chi connectivity index (χ1n) is 10.1. The van der Waals surface area contributed by atoms with Crippen LogP contribution in [0.15, 0.2) is 54.6 Å². The third-order valence-corrected chi connectivity index (χ3v) is 5.57. The summed E-state index contributed by atoms with van der Waals surface area (Å²) in [5, 5.41) is 3.00. The van der Waals surface area contributed by atoms with Crippen molar-refractivity contribution in [2.45, 2.75) is 46.3 Å². The maximum Gasteiger partial charge on any atom is 0.241 e. The highest BCUT2D eigenvalue weighted by Gasteiger charge is 2.23. The molecule has 0 saturated heterocycles. The monoisotopic (exact) mass is 432 g/mol. The molecule has 2 rings (SSSR count). The Kier molecular flexibility index (Phi) is 8.29. The number of nitrogens with zero attached hydrogens (tertiary/aromatic N) is 1. The molecule has 2 aromatic carbocycles. The summed E-state index contributed by atoms with van der Waals surface area (Å²) in [6.45, 7) is 7.73. The maximum absolute atomic E-state index is 12.8. The van der Waals surface area contributed by atoms with E-state index >= 15 is 0 Å². The zero-order valence-corrected chi connectivity index (χ0v) is 19.1. The highest BCUT2D eigenvalue weighted by Crippen LogP contribution is 2.24. The Morgan fingerprint density at radius 2 is 1.60 bits per heavy atom. The molecule has 0 aliphatic rings. The normalized spacial score (nSPS) is 12.6. The van der Waals surface area contributed by atoms with E-state index in [2.05, 4.69) is 19.2 Å². The van der Waals surface area contributed by atoms with Crippen LogP contribution in [0.1, 0.15) is 45.7 Å². The highest BCUT2D eigenvalue weighted by atomic mass is 32.2. The quantitative estimate of drug-likeness (QED) is 0.612. The fraction of sp³-hybridized carbons (Fsp3) is 0.435. The molecule has 0 unspecified atom stereocenters. The van der Waals surface area contributed by atoms with Crippen LogP contribution in [-0.2, 0) is 14.8 Å². The van der Waals surface area contributed by atoms with E-state index in [4.69, 9.17) is 4.74 Å². The second-order valence-electron chi connectivity index (χ2n) is 8.09. The van der Waals surface area contributed by atoms with Gasteiger partial charge in [-0.2, -0.15) is 0 Å². The lowest BCUT2D eigenvalue weighted by Crippen LogP contribution is -2.41. The number of ether oxygens (including phenoxy) is 1. The van der Waals surface area contributed by atoms with Crippen LogP contribution in [-0.4, -0.2) is 33.2 Å². The number of amides is 1. The molecule has 30 heavy (non-hydrogen) atoms. The van der Waals surface area contributed by atoms with E-state index in [1.807, 2.05) is 44.2 Å². The van der Waals surface area contributed by atoms with Crippen molar-refractivity contribution in [3.8, 4) is 5.75 Å². The van der Waals surface area contributed by atoms with Crippen LogP contribution in [0.25, 0.3) is 0 Å². The predicted octanol–water partition coefficient (Wildman–Crippen LogP) is 4.14. The molecule has 0 bridgehead atoms. The molecule has 0 spiro atoms. The molecular weight excluding hydrogens is 400 g/mol. The molecule has 164 valence electrons.